The predicted molar refractivity (Wildman–Crippen MR) is 70.3 cm³/mol. The molecule has 0 bridgehead atoms. The van der Waals surface area contributed by atoms with Crippen LogP contribution in [0.25, 0.3) is 0 Å². The van der Waals surface area contributed by atoms with Crippen molar-refractivity contribution in [1.29, 1.82) is 0 Å². The lowest BCUT2D eigenvalue weighted by atomic mass is 10.1. The zero-order valence-corrected chi connectivity index (χ0v) is 11.3. The zero-order chi connectivity index (χ0) is 14.8. The summed E-state index contributed by atoms with van der Waals surface area (Å²) in [6.07, 6.45) is -2.69. The van der Waals surface area contributed by atoms with Gasteiger partial charge in [-0.15, -0.1) is 0 Å². The maximum absolute atomic E-state index is 13.8. The van der Waals surface area contributed by atoms with Crippen molar-refractivity contribution in [2.24, 2.45) is 0 Å². The highest BCUT2D eigenvalue weighted by molar-refractivity contribution is 5.51. The van der Waals surface area contributed by atoms with Crippen LogP contribution in [0.15, 0.2) is 18.2 Å². The largest absolute Gasteiger partial charge is 0.416 e. The molecule has 1 aliphatic rings. The van der Waals surface area contributed by atoms with Gasteiger partial charge in [0.15, 0.2) is 0 Å². The van der Waals surface area contributed by atoms with Crippen molar-refractivity contribution in [3.8, 4) is 0 Å². The first-order valence-corrected chi connectivity index (χ1v) is 6.77. The van der Waals surface area contributed by atoms with E-state index in [1.165, 1.54) is 0 Å². The molecule has 0 aliphatic carbocycles. The van der Waals surface area contributed by atoms with Gasteiger partial charge in [-0.2, -0.15) is 13.2 Å². The number of benzene rings is 1. The molecular formula is C14H18F4N2. The Morgan fingerprint density at radius 3 is 2.70 bits per heavy atom. The van der Waals surface area contributed by atoms with Gasteiger partial charge in [0, 0.05) is 25.7 Å². The van der Waals surface area contributed by atoms with Crippen LogP contribution in [0.1, 0.15) is 25.3 Å². The van der Waals surface area contributed by atoms with Crippen molar-refractivity contribution in [2.75, 3.05) is 24.5 Å². The predicted octanol–water partition coefficient (Wildman–Crippen LogP) is 3.42. The minimum Gasteiger partial charge on any atom is -0.368 e. The molecule has 0 aromatic heterocycles. The highest BCUT2D eigenvalue weighted by atomic mass is 19.4. The van der Waals surface area contributed by atoms with E-state index in [-0.39, 0.29) is 5.69 Å². The summed E-state index contributed by atoms with van der Waals surface area (Å²) in [5, 5.41) is 3.31. The Balaban J connectivity index is 2.23. The lowest BCUT2D eigenvalue weighted by Gasteiger charge is -2.24. The molecule has 0 saturated carbocycles. The molecule has 0 amide bonds. The molecule has 0 spiro atoms. The number of rotatable bonds is 2. The van der Waals surface area contributed by atoms with E-state index in [2.05, 4.69) is 12.2 Å². The van der Waals surface area contributed by atoms with Crippen LogP contribution in [0.4, 0.5) is 23.2 Å². The van der Waals surface area contributed by atoms with Crippen molar-refractivity contribution in [1.82, 2.24) is 5.32 Å². The fraction of sp³-hybridized carbons (Fsp3) is 0.571. The molecule has 1 atom stereocenters. The van der Waals surface area contributed by atoms with E-state index < -0.39 is 17.6 Å². The second-order valence-corrected chi connectivity index (χ2v) is 5.00. The Morgan fingerprint density at radius 2 is 2.05 bits per heavy atom. The highest BCUT2D eigenvalue weighted by Gasteiger charge is 2.32. The van der Waals surface area contributed by atoms with Gasteiger partial charge in [0.05, 0.1) is 11.3 Å². The summed E-state index contributed by atoms with van der Waals surface area (Å²) in [6, 6.07) is 2.92. The molecule has 1 N–H and O–H groups in total. The SMILES string of the molecule is CCC1CCN(c2cc(C(F)(F)F)ccc2F)CCN1. The second kappa shape index (κ2) is 5.99. The molecule has 112 valence electrons. The molecule has 1 heterocycles. The summed E-state index contributed by atoms with van der Waals surface area (Å²) in [5.41, 5.74) is -0.767. The maximum atomic E-state index is 13.8. The Kier molecular flexibility index (Phi) is 4.52. The van der Waals surface area contributed by atoms with Gasteiger partial charge in [0.1, 0.15) is 5.82 Å². The van der Waals surface area contributed by atoms with Gasteiger partial charge < -0.3 is 10.2 Å². The number of anilines is 1. The minimum absolute atomic E-state index is 0.0402. The monoisotopic (exact) mass is 290 g/mol. The molecule has 0 radical (unpaired) electrons. The van der Waals surface area contributed by atoms with Gasteiger partial charge >= 0.3 is 6.18 Å². The van der Waals surface area contributed by atoms with Crippen LogP contribution in [0.2, 0.25) is 0 Å². The first kappa shape index (κ1) is 15.1. The van der Waals surface area contributed by atoms with E-state index in [1.807, 2.05) is 0 Å². The molecule has 2 rings (SSSR count). The Labute approximate surface area is 115 Å². The molecule has 1 aliphatic heterocycles. The number of alkyl halides is 3. The van der Waals surface area contributed by atoms with Crippen LogP contribution in [-0.4, -0.2) is 25.7 Å². The lowest BCUT2D eigenvalue weighted by Crippen LogP contribution is -2.30. The summed E-state index contributed by atoms with van der Waals surface area (Å²) in [5.74, 6) is -0.604. The molecule has 1 unspecified atom stereocenters. The third-order valence-corrected chi connectivity index (χ3v) is 3.67. The average molecular weight is 290 g/mol. The van der Waals surface area contributed by atoms with E-state index in [1.54, 1.807) is 4.90 Å². The van der Waals surface area contributed by atoms with E-state index in [9.17, 15) is 17.6 Å². The van der Waals surface area contributed by atoms with Crippen LogP contribution in [0.3, 0.4) is 0 Å². The van der Waals surface area contributed by atoms with E-state index >= 15 is 0 Å². The Bertz CT molecular complexity index is 459. The summed E-state index contributed by atoms with van der Waals surface area (Å²) >= 11 is 0. The number of hydrogen-bond acceptors (Lipinski definition) is 2. The first-order chi connectivity index (χ1) is 9.41. The Morgan fingerprint density at radius 1 is 1.30 bits per heavy atom. The molecule has 1 aromatic rings. The van der Waals surface area contributed by atoms with E-state index in [4.69, 9.17) is 0 Å². The maximum Gasteiger partial charge on any atom is 0.416 e. The summed E-state index contributed by atoms with van der Waals surface area (Å²) in [6.45, 7) is 3.77. The fourth-order valence-electron chi connectivity index (χ4n) is 2.45. The van der Waals surface area contributed by atoms with Crippen LogP contribution >= 0.6 is 0 Å². The molecule has 20 heavy (non-hydrogen) atoms. The van der Waals surface area contributed by atoms with Crippen LogP contribution in [-0.2, 0) is 6.18 Å². The third-order valence-electron chi connectivity index (χ3n) is 3.67. The van der Waals surface area contributed by atoms with Crippen molar-refractivity contribution in [3.05, 3.63) is 29.6 Å². The van der Waals surface area contributed by atoms with Gasteiger partial charge in [-0.25, -0.2) is 4.39 Å². The topological polar surface area (TPSA) is 15.3 Å². The summed E-state index contributed by atoms with van der Waals surface area (Å²) < 4.78 is 52.0. The molecule has 6 heteroatoms. The zero-order valence-electron chi connectivity index (χ0n) is 11.3. The van der Waals surface area contributed by atoms with Crippen molar-refractivity contribution >= 4 is 5.69 Å². The van der Waals surface area contributed by atoms with Crippen molar-refractivity contribution in [2.45, 2.75) is 32.0 Å². The molecule has 1 aromatic carbocycles. The van der Waals surface area contributed by atoms with Crippen LogP contribution in [0.5, 0.6) is 0 Å². The van der Waals surface area contributed by atoms with Gasteiger partial charge in [-0.1, -0.05) is 6.92 Å². The molecular weight excluding hydrogens is 272 g/mol. The van der Waals surface area contributed by atoms with Gasteiger partial charge in [-0.05, 0) is 31.0 Å². The normalized spacial score (nSPS) is 20.9. The second-order valence-electron chi connectivity index (χ2n) is 5.00. The standard InChI is InChI=1S/C14H18F4N2/c1-2-11-5-7-20(8-6-19-11)13-9-10(14(16,17)18)3-4-12(13)15/h3-4,9,11,19H,2,5-8H2,1H3. The van der Waals surface area contributed by atoms with E-state index in [0.717, 1.165) is 31.0 Å². The highest BCUT2D eigenvalue weighted by Crippen LogP contribution is 2.33. The average Bonchev–Trinajstić information content (AvgIpc) is 2.63. The van der Waals surface area contributed by atoms with Gasteiger partial charge in [0.25, 0.3) is 0 Å². The third kappa shape index (κ3) is 3.42. The number of nitrogens with one attached hydrogen (secondary N) is 1. The lowest BCUT2D eigenvalue weighted by molar-refractivity contribution is -0.137. The molecule has 1 saturated heterocycles. The quantitative estimate of drug-likeness (QED) is 0.840. The van der Waals surface area contributed by atoms with Gasteiger partial charge in [0.2, 0.25) is 0 Å². The first-order valence-electron chi connectivity index (χ1n) is 6.77. The van der Waals surface area contributed by atoms with Gasteiger partial charge in [-0.3, -0.25) is 0 Å². The summed E-state index contributed by atoms with van der Waals surface area (Å²) in [7, 11) is 0. The number of nitrogens with zero attached hydrogens (tertiary/aromatic N) is 1. The van der Waals surface area contributed by atoms with Crippen molar-refractivity contribution in [3.63, 3.8) is 0 Å². The molecule has 2 nitrogen and oxygen atoms in total. The smallest absolute Gasteiger partial charge is 0.368 e. The van der Waals surface area contributed by atoms with Crippen molar-refractivity contribution < 1.29 is 17.6 Å². The molecule has 1 fully saturated rings. The van der Waals surface area contributed by atoms with E-state index in [0.29, 0.717) is 25.7 Å². The minimum atomic E-state index is -4.45. The number of hydrogen-bond donors (Lipinski definition) is 1. The summed E-state index contributed by atoms with van der Waals surface area (Å²) in [4.78, 5) is 1.69. The Hall–Kier alpha value is -1.30. The van der Waals surface area contributed by atoms with Crippen LogP contribution < -0.4 is 10.2 Å². The fourth-order valence-corrected chi connectivity index (χ4v) is 2.45. The number of halogens is 4. The van der Waals surface area contributed by atoms with Crippen LogP contribution in [0, 0.1) is 5.82 Å².